The molecule has 3 aromatic carbocycles. The Morgan fingerprint density at radius 1 is 0.930 bits per heavy atom. The van der Waals surface area contributed by atoms with Gasteiger partial charge >= 0.3 is 0 Å². The number of aryl methyl sites for hydroxylation is 1. The normalized spacial score (nSPS) is 12.7. The van der Waals surface area contributed by atoms with Crippen molar-refractivity contribution in [2.45, 2.75) is 64.1 Å². The van der Waals surface area contributed by atoms with E-state index < -0.39 is 28.5 Å². The molecule has 0 saturated carbocycles. The van der Waals surface area contributed by atoms with E-state index in [0.717, 1.165) is 9.87 Å². The zero-order valence-corrected chi connectivity index (χ0v) is 27.8. The average Bonchev–Trinajstić information content (AvgIpc) is 2.96. The summed E-state index contributed by atoms with van der Waals surface area (Å²) in [6, 6.07) is 14.6. The second-order valence-electron chi connectivity index (χ2n) is 10.1. The summed E-state index contributed by atoms with van der Waals surface area (Å²) in [6.07, 6.45) is 0.959. The first-order valence-electron chi connectivity index (χ1n) is 13.8. The van der Waals surface area contributed by atoms with Gasteiger partial charge in [0.2, 0.25) is 11.8 Å². The lowest BCUT2D eigenvalue weighted by atomic mass is 10.1. The lowest BCUT2D eigenvalue weighted by Crippen LogP contribution is -2.53. The van der Waals surface area contributed by atoms with Crippen molar-refractivity contribution in [1.29, 1.82) is 0 Å². The van der Waals surface area contributed by atoms with Crippen LogP contribution in [0.5, 0.6) is 5.75 Å². The Labute approximate surface area is 268 Å². The van der Waals surface area contributed by atoms with E-state index in [-0.39, 0.29) is 46.3 Å². The molecule has 0 bridgehead atoms. The van der Waals surface area contributed by atoms with Gasteiger partial charge in [0.25, 0.3) is 10.0 Å². The fourth-order valence-corrected chi connectivity index (χ4v) is 6.45. The Kier molecular flexibility index (Phi) is 12.2. The Balaban J connectivity index is 2.15. The van der Waals surface area contributed by atoms with Crippen molar-refractivity contribution in [1.82, 2.24) is 10.2 Å². The van der Waals surface area contributed by atoms with Crippen LogP contribution in [0.2, 0.25) is 15.1 Å². The molecule has 0 aliphatic heterocycles. The van der Waals surface area contributed by atoms with Crippen LogP contribution in [0.4, 0.5) is 5.69 Å². The van der Waals surface area contributed by atoms with Crippen molar-refractivity contribution in [3.63, 3.8) is 0 Å². The van der Waals surface area contributed by atoms with Gasteiger partial charge in [-0.1, -0.05) is 72.4 Å². The van der Waals surface area contributed by atoms with Crippen molar-refractivity contribution < 1.29 is 22.7 Å². The number of hydrogen-bond donors (Lipinski definition) is 1. The van der Waals surface area contributed by atoms with Gasteiger partial charge in [-0.3, -0.25) is 13.9 Å². The number of rotatable bonds is 13. The van der Waals surface area contributed by atoms with Crippen molar-refractivity contribution in [2.24, 2.45) is 0 Å². The molecule has 3 aromatic rings. The van der Waals surface area contributed by atoms with Crippen LogP contribution < -0.4 is 14.4 Å². The summed E-state index contributed by atoms with van der Waals surface area (Å²) in [5.74, 6) is -0.791. The molecule has 1 N–H and O–H groups in total. The van der Waals surface area contributed by atoms with Crippen LogP contribution in [0.1, 0.15) is 44.7 Å². The minimum absolute atomic E-state index is 0.0261. The fourth-order valence-electron chi connectivity index (χ4n) is 4.40. The predicted octanol–water partition coefficient (Wildman–Crippen LogP) is 6.88. The highest BCUT2D eigenvalue weighted by Crippen LogP contribution is 2.35. The highest BCUT2D eigenvalue weighted by atomic mass is 35.5. The van der Waals surface area contributed by atoms with E-state index in [1.54, 1.807) is 43.3 Å². The number of carbonyl (C=O) groups is 2. The SMILES string of the molecule is CC[C@@H](C)NC(=O)[C@@H](CC)N(Cc1ccc(Cl)cc1Cl)C(=O)CN(c1cc(Cl)ccc1OC)S(=O)(=O)c1ccc(C)cc1. The fraction of sp³-hybridized carbons (Fsp3) is 0.355. The topological polar surface area (TPSA) is 96.0 Å². The Bertz CT molecular complexity index is 1550. The number of methoxy groups -OCH3 is 1. The highest BCUT2D eigenvalue weighted by Gasteiger charge is 2.35. The number of hydrogen-bond acceptors (Lipinski definition) is 5. The molecule has 0 aromatic heterocycles. The van der Waals surface area contributed by atoms with Crippen LogP contribution in [-0.2, 0) is 26.2 Å². The van der Waals surface area contributed by atoms with Crippen molar-refractivity contribution >= 4 is 62.3 Å². The summed E-state index contributed by atoms with van der Waals surface area (Å²) in [4.78, 5) is 29.0. The van der Waals surface area contributed by atoms with Gasteiger partial charge in [-0.15, -0.1) is 0 Å². The number of anilines is 1. The molecule has 43 heavy (non-hydrogen) atoms. The van der Waals surface area contributed by atoms with Crippen LogP contribution in [0.15, 0.2) is 65.6 Å². The second-order valence-corrected chi connectivity index (χ2v) is 13.3. The molecule has 0 aliphatic carbocycles. The summed E-state index contributed by atoms with van der Waals surface area (Å²) in [5.41, 5.74) is 1.49. The molecule has 3 rings (SSSR count). The largest absolute Gasteiger partial charge is 0.495 e. The van der Waals surface area contributed by atoms with E-state index in [4.69, 9.17) is 39.5 Å². The van der Waals surface area contributed by atoms with Gasteiger partial charge in [0, 0.05) is 27.7 Å². The maximum absolute atomic E-state index is 14.3. The Morgan fingerprint density at radius 3 is 2.14 bits per heavy atom. The summed E-state index contributed by atoms with van der Waals surface area (Å²) in [6.45, 7) is 6.72. The summed E-state index contributed by atoms with van der Waals surface area (Å²) in [7, 11) is -2.91. The van der Waals surface area contributed by atoms with Gasteiger partial charge in [-0.05, 0) is 74.7 Å². The third kappa shape index (κ3) is 8.56. The predicted molar refractivity (Wildman–Crippen MR) is 173 cm³/mol. The Morgan fingerprint density at radius 2 is 1.56 bits per heavy atom. The molecule has 2 atom stereocenters. The summed E-state index contributed by atoms with van der Waals surface area (Å²) < 4.78 is 34.7. The average molecular weight is 669 g/mol. The number of halogens is 3. The van der Waals surface area contributed by atoms with Crippen molar-refractivity contribution in [3.8, 4) is 5.75 Å². The molecule has 232 valence electrons. The van der Waals surface area contributed by atoms with E-state index in [2.05, 4.69) is 5.32 Å². The molecule has 0 fully saturated rings. The van der Waals surface area contributed by atoms with Crippen molar-refractivity contribution in [2.75, 3.05) is 18.0 Å². The number of nitrogens with one attached hydrogen (secondary N) is 1. The molecule has 0 radical (unpaired) electrons. The minimum Gasteiger partial charge on any atom is -0.495 e. The lowest BCUT2D eigenvalue weighted by Gasteiger charge is -2.34. The smallest absolute Gasteiger partial charge is 0.264 e. The van der Waals surface area contributed by atoms with Gasteiger partial charge in [0.1, 0.15) is 18.3 Å². The standard InChI is InChI=1S/C31H36Cl3N3O5S/c1-6-21(4)35-31(39)27(7-2)36(18-22-10-11-23(32)16-26(22)34)30(38)19-37(28-17-24(33)12-15-29(28)42-5)43(40,41)25-13-8-20(3)9-14-25/h8-17,21,27H,6-7,18-19H2,1-5H3,(H,35,39)/t21-,27-/m1/s1. The zero-order chi connectivity index (χ0) is 31.9. The minimum atomic E-state index is -4.31. The molecule has 0 heterocycles. The maximum atomic E-state index is 14.3. The Hall–Kier alpha value is -2.98. The van der Waals surface area contributed by atoms with Crippen molar-refractivity contribution in [3.05, 3.63) is 86.9 Å². The van der Waals surface area contributed by atoms with Gasteiger partial charge in [-0.2, -0.15) is 0 Å². The first-order chi connectivity index (χ1) is 20.3. The number of nitrogens with zero attached hydrogens (tertiary/aromatic N) is 2. The molecule has 0 aliphatic rings. The molecule has 8 nitrogen and oxygen atoms in total. The van der Waals surface area contributed by atoms with E-state index in [9.17, 15) is 18.0 Å². The van der Waals surface area contributed by atoms with Gasteiger partial charge in [-0.25, -0.2) is 8.42 Å². The third-order valence-electron chi connectivity index (χ3n) is 7.04. The van der Waals surface area contributed by atoms with E-state index in [0.29, 0.717) is 22.0 Å². The molecule has 0 spiro atoms. The molecular formula is C31H36Cl3N3O5S. The van der Waals surface area contributed by atoms with Crippen LogP contribution in [-0.4, -0.2) is 50.9 Å². The molecule has 12 heteroatoms. The quantitative estimate of drug-likeness (QED) is 0.214. The number of carbonyl (C=O) groups excluding carboxylic acids is 2. The molecular weight excluding hydrogens is 633 g/mol. The van der Waals surface area contributed by atoms with E-state index in [1.807, 2.05) is 20.8 Å². The number of ether oxygens (including phenoxy) is 1. The zero-order valence-electron chi connectivity index (χ0n) is 24.7. The van der Waals surface area contributed by atoms with E-state index in [1.165, 1.54) is 36.3 Å². The van der Waals surface area contributed by atoms with Gasteiger partial charge < -0.3 is 15.0 Å². The third-order valence-corrected chi connectivity index (χ3v) is 9.64. The van der Waals surface area contributed by atoms with Crippen LogP contribution >= 0.6 is 34.8 Å². The first-order valence-corrected chi connectivity index (χ1v) is 16.4. The number of amides is 2. The van der Waals surface area contributed by atoms with Gasteiger partial charge in [0.15, 0.2) is 0 Å². The molecule has 0 unspecified atom stereocenters. The van der Waals surface area contributed by atoms with E-state index >= 15 is 0 Å². The molecule has 0 saturated heterocycles. The molecule has 2 amide bonds. The monoisotopic (exact) mass is 667 g/mol. The number of sulfonamides is 1. The first kappa shape index (κ1) is 34.5. The summed E-state index contributed by atoms with van der Waals surface area (Å²) in [5, 5.41) is 3.91. The maximum Gasteiger partial charge on any atom is 0.264 e. The second kappa shape index (κ2) is 15.1. The lowest BCUT2D eigenvalue weighted by molar-refractivity contribution is -0.140. The van der Waals surface area contributed by atoms with Crippen LogP contribution in [0.25, 0.3) is 0 Å². The summed E-state index contributed by atoms with van der Waals surface area (Å²) >= 11 is 18.9. The van der Waals surface area contributed by atoms with Crippen LogP contribution in [0, 0.1) is 6.92 Å². The van der Waals surface area contributed by atoms with Gasteiger partial charge in [0.05, 0.1) is 17.7 Å². The highest BCUT2D eigenvalue weighted by molar-refractivity contribution is 7.92. The number of benzene rings is 3. The van der Waals surface area contributed by atoms with Crippen LogP contribution in [0.3, 0.4) is 0 Å².